The highest BCUT2D eigenvalue weighted by atomic mass is 19.1. The summed E-state index contributed by atoms with van der Waals surface area (Å²) in [6.07, 6.45) is -0.576. The van der Waals surface area contributed by atoms with Crippen molar-refractivity contribution >= 4 is 41.5 Å². The van der Waals surface area contributed by atoms with Gasteiger partial charge in [0.25, 0.3) is 0 Å². The number of benzene rings is 1. The number of ether oxygens (including phenoxy) is 2. The summed E-state index contributed by atoms with van der Waals surface area (Å²) in [6.45, 7) is 14.5. The van der Waals surface area contributed by atoms with Gasteiger partial charge in [0.1, 0.15) is 31.5 Å². The van der Waals surface area contributed by atoms with E-state index in [4.69, 9.17) is 15.2 Å². The Kier molecular flexibility index (Phi) is 16.1. The third-order valence-corrected chi connectivity index (χ3v) is 8.17. The molecule has 0 aromatic heterocycles. The molecule has 1 aliphatic heterocycles. The lowest BCUT2D eigenvalue weighted by atomic mass is 9.90. The van der Waals surface area contributed by atoms with E-state index in [9.17, 15) is 33.2 Å². The molecule has 1 aromatic rings. The molecular formula is C36H57FN6O8. The van der Waals surface area contributed by atoms with E-state index in [1.54, 1.807) is 58.9 Å². The Bertz CT molecular complexity index is 1360. The number of nitrogens with zero attached hydrogens (tertiary/aromatic N) is 1. The molecule has 1 fully saturated rings. The van der Waals surface area contributed by atoms with Gasteiger partial charge in [0.2, 0.25) is 17.7 Å². The quantitative estimate of drug-likeness (QED) is 0.124. The molecule has 0 spiro atoms. The van der Waals surface area contributed by atoms with Gasteiger partial charge in [0, 0.05) is 25.1 Å². The van der Waals surface area contributed by atoms with Gasteiger partial charge < -0.3 is 36.5 Å². The van der Waals surface area contributed by atoms with E-state index >= 15 is 0 Å². The molecule has 1 heterocycles. The van der Waals surface area contributed by atoms with Gasteiger partial charge in [-0.05, 0) is 69.1 Å². The number of hydrogen-bond acceptors (Lipinski definition) is 8. The molecule has 286 valence electrons. The Morgan fingerprint density at radius 3 is 2.18 bits per heavy atom. The monoisotopic (exact) mass is 720 g/mol. The van der Waals surface area contributed by atoms with E-state index in [1.165, 1.54) is 4.90 Å². The van der Waals surface area contributed by atoms with Crippen molar-refractivity contribution in [2.75, 3.05) is 25.0 Å². The van der Waals surface area contributed by atoms with Crippen molar-refractivity contribution < 1.29 is 42.6 Å². The fraction of sp³-hybridized carbons (Fsp3) is 0.667. The first kappa shape index (κ1) is 42.7. The summed E-state index contributed by atoms with van der Waals surface area (Å²) in [4.78, 5) is 76.7. The van der Waals surface area contributed by atoms with Gasteiger partial charge in [-0.2, -0.15) is 0 Å². The van der Waals surface area contributed by atoms with E-state index in [0.717, 1.165) is 0 Å². The van der Waals surface area contributed by atoms with Gasteiger partial charge >= 0.3 is 18.1 Å². The van der Waals surface area contributed by atoms with Gasteiger partial charge in [-0.1, -0.05) is 46.8 Å². The molecule has 1 aliphatic rings. The Morgan fingerprint density at radius 1 is 0.961 bits per heavy atom. The molecule has 0 bridgehead atoms. The maximum absolute atomic E-state index is 14.2. The molecule has 0 aliphatic carbocycles. The van der Waals surface area contributed by atoms with Crippen molar-refractivity contribution in [3.8, 4) is 0 Å². The van der Waals surface area contributed by atoms with Crippen LogP contribution in [0.1, 0.15) is 93.1 Å². The Balaban J connectivity index is 2.03. The molecule has 0 radical (unpaired) electrons. The molecule has 6 N–H and O–H groups in total. The summed E-state index contributed by atoms with van der Waals surface area (Å²) in [5, 5.41) is 10.8. The highest BCUT2D eigenvalue weighted by molar-refractivity contribution is 5.98. The minimum Gasteiger partial charge on any atom is -0.463 e. The number of amides is 6. The normalized spacial score (nSPS) is 17.3. The van der Waals surface area contributed by atoms with E-state index in [-0.39, 0.29) is 62.8 Å². The summed E-state index contributed by atoms with van der Waals surface area (Å²) in [5.74, 6) is -2.00. The first-order valence-electron chi connectivity index (χ1n) is 17.4. The molecule has 0 unspecified atom stereocenters. The predicted octanol–water partition coefficient (Wildman–Crippen LogP) is 4.16. The number of nitrogens with two attached hydrogens (primary N) is 1. The van der Waals surface area contributed by atoms with Gasteiger partial charge in [-0.3, -0.25) is 24.1 Å². The van der Waals surface area contributed by atoms with E-state index < -0.39 is 59.6 Å². The van der Waals surface area contributed by atoms with E-state index in [2.05, 4.69) is 21.3 Å². The zero-order valence-electron chi connectivity index (χ0n) is 31.2. The lowest BCUT2D eigenvalue weighted by Gasteiger charge is -2.26. The standard InChI is InChI=1S/C36H57FN6O8/c1-22(2)29(42-28(44)15-16-35(3,4)5)31(46)41-27(10-9-17-39-33(38)48)30(45)40-25-13-11-23(12-14-25)20-51-34(49)43-19-24(37)18-26(43)21-50-32(47)36(6,7)8/h11-14,22,24,26-27,29H,9-10,15-21H2,1-8H3,(H,40,45)(H,41,46)(H,42,44)(H3,38,39,48)/t24-,26-,27-,29-/m1/s1. The van der Waals surface area contributed by atoms with Crippen LogP contribution in [0.5, 0.6) is 0 Å². The van der Waals surface area contributed by atoms with Crippen molar-refractivity contribution in [3.63, 3.8) is 0 Å². The number of carbonyl (C=O) groups excluding carboxylic acids is 6. The number of primary amides is 1. The Hall–Kier alpha value is -4.43. The lowest BCUT2D eigenvalue weighted by Crippen LogP contribution is -2.54. The fourth-order valence-electron chi connectivity index (χ4n) is 5.09. The minimum absolute atomic E-state index is 0.0359. The van der Waals surface area contributed by atoms with Crippen molar-refractivity contribution in [2.24, 2.45) is 22.5 Å². The van der Waals surface area contributed by atoms with Crippen LogP contribution in [0.3, 0.4) is 0 Å². The van der Waals surface area contributed by atoms with Crippen molar-refractivity contribution in [2.45, 2.75) is 118 Å². The third-order valence-electron chi connectivity index (χ3n) is 8.17. The molecule has 15 heteroatoms. The Morgan fingerprint density at radius 2 is 1.61 bits per heavy atom. The molecule has 6 amide bonds. The first-order chi connectivity index (χ1) is 23.7. The molecular weight excluding hydrogens is 663 g/mol. The van der Waals surface area contributed by atoms with Crippen LogP contribution in [-0.2, 0) is 35.3 Å². The molecule has 4 atom stereocenters. The average molecular weight is 721 g/mol. The van der Waals surface area contributed by atoms with Crippen molar-refractivity contribution in [1.29, 1.82) is 0 Å². The van der Waals surface area contributed by atoms with Gasteiger partial charge in [0.05, 0.1) is 18.0 Å². The summed E-state index contributed by atoms with van der Waals surface area (Å²) in [5.41, 5.74) is 5.36. The summed E-state index contributed by atoms with van der Waals surface area (Å²) in [6, 6.07) is 3.25. The fourth-order valence-corrected chi connectivity index (χ4v) is 5.09. The summed E-state index contributed by atoms with van der Waals surface area (Å²) in [7, 11) is 0. The zero-order valence-corrected chi connectivity index (χ0v) is 31.2. The highest BCUT2D eigenvalue weighted by Crippen LogP contribution is 2.24. The van der Waals surface area contributed by atoms with Crippen molar-refractivity contribution in [1.82, 2.24) is 20.9 Å². The number of halogens is 1. The number of urea groups is 1. The zero-order chi connectivity index (χ0) is 38.5. The van der Waals surface area contributed by atoms with Crippen LogP contribution in [0.4, 0.5) is 19.7 Å². The number of hydrogen-bond donors (Lipinski definition) is 5. The van der Waals surface area contributed by atoms with E-state index in [0.29, 0.717) is 24.1 Å². The molecule has 1 saturated heterocycles. The van der Waals surface area contributed by atoms with Crippen LogP contribution >= 0.6 is 0 Å². The third kappa shape index (κ3) is 15.6. The number of nitrogens with one attached hydrogen (secondary N) is 4. The second kappa shape index (κ2) is 19.3. The number of alkyl halides is 1. The SMILES string of the molecule is CC(C)[C@@H](NC(=O)CCC(C)(C)C)C(=O)N[C@H](CCCNC(N)=O)C(=O)Nc1ccc(COC(=O)N2C[C@H](F)C[C@@H]2COC(=O)C(C)(C)C)cc1. The minimum atomic E-state index is -1.26. The topological polar surface area (TPSA) is 198 Å². The summed E-state index contributed by atoms with van der Waals surface area (Å²) < 4.78 is 24.9. The van der Waals surface area contributed by atoms with Gasteiger partial charge in [0.15, 0.2) is 0 Å². The van der Waals surface area contributed by atoms with Crippen LogP contribution in [-0.4, -0.2) is 84.7 Å². The van der Waals surface area contributed by atoms with Crippen LogP contribution in [0.15, 0.2) is 24.3 Å². The van der Waals surface area contributed by atoms with Crippen LogP contribution in [0, 0.1) is 16.7 Å². The second-order valence-corrected chi connectivity index (χ2v) is 15.6. The number of esters is 1. The summed E-state index contributed by atoms with van der Waals surface area (Å²) >= 11 is 0. The van der Waals surface area contributed by atoms with Gasteiger partial charge in [-0.25, -0.2) is 14.0 Å². The van der Waals surface area contributed by atoms with Gasteiger partial charge in [-0.15, -0.1) is 0 Å². The van der Waals surface area contributed by atoms with E-state index in [1.807, 2.05) is 20.8 Å². The van der Waals surface area contributed by atoms with Crippen LogP contribution in [0.2, 0.25) is 0 Å². The first-order valence-corrected chi connectivity index (χ1v) is 17.4. The molecule has 2 rings (SSSR count). The molecule has 1 aromatic carbocycles. The smallest absolute Gasteiger partial charge is 0.410 e. The molecule has 14 nitrogen and oxygen atoms in total. The predicted molar refractivity (Wildman–Crippen MR) is 190 cm³/mol. The number of anilines is 1. The Labute approximate surface area is 300 Å². The van der Waals surface area contributed by atoms with Crippen LogP contribution < -0.4 is 27.0 Å². The largest absolute Gasteiger partial charge is 0.463 e. The maximum Gasteiger partial charge on any atom is 0.410 e. The second-order valence-electron chi connectivity index (χ2n) is 15.6. The molecule has 51 heavy (non-hydrogen) atoms. The number of rotatable bonds is 16. The maximum atomic E-state index is 14.2. The highest BCUT2D eigenvalue weighted by Gasteiger charge is 2.38. The van der Waals surface area contributed by atoms with Crippen LogP contribution in [0.25, 0.3) is 0 Å². The lowest BCUT2D eigenvalue weighted by molar-refractivity contribution is -0.154. The molecule has 0 saturated carbocycles. The van der Waals surface area contributed by atoms with Crippen molar-refractivity contribution in [3.05, 3.63) is 29.8 Å². The number of likely N-dealkylation sites (tertiary alicyclic amines) is 1. The average Bonchev–Trinajstić information content (AvgIpc) is 3.41. The number of carbonyl (C=O) groups is 6.